The van der Waals surface area contributed by atoms with Crippen LogP contribution < -0.4 is 0 Å². The first-order valence-corrected chi connectivity index (χ1v) is 13.2. The molecule has 3 fully saturated rings. The second kappa shape index (κ2) is 8.64. The van der Waals surface area contributed by atoms with Crippen LogP contribution in [0.15, 0.2) is 48.1 Å². The fourth-order valence-electron chi connectivity index (χ4n) is 8.34. The lowest BCUT2D eigenvalue weighted by Gasteiger charge is -2.66. The van der Waals surface area contributed by atoms with Gasteiger partial charge in [0.05, 0.1) is 6.10 Å². The number of ketones is 1. The maximum absolute atomic E-state index is 13.1. The highest BCUT2D eigenvalue weighted by Crippen LogP contribution is 2.70. The zero-order valence-corrected chi connectivity index (χ0v) is 21.4. The summed E-state index contributed by atoms with van der Waals surface area (Å²) in [6.45, 7) is 5.46. The first kappa shape index (κ1) is 25.4. The maximum atomic E-state index is 13.1. The number of carbonyl (C=O) groups is 2. The van der Waals surface area contributed by atoms with E-state index in [1.807, 2.05) is 43.3 Å². The molecule has 5 rings (SSSR count). The second-order valence-corrected chi connectivity index (χ2v) is 12.0. The average Bonchev–Trinajstić information content (AvgIpc) is 3.14. The SMILES string of the molecule is CC(=O)[C@@H]1CC[C@@]2(O)[C@]1(C)[C@H](OC(=O)/C=C/c1ccccc1)C[C@@H]1[C@@]3(C)CC[C@H](O)CC3=CC[C@]12O. The van der Waals surface area contributed by atoms with E-state index < -0.39 is 46.1 Å². The predicted molar refractivity (Wildman–Crippen MR) is 136 cm³/mol. The van der Waals surface area contributed by atoms with E-state index in [4.69, 9.17) is 4.74 Å². The lowest BCUT2D eigenvalue weighted by atomic mass is 9.43. The summed E-state index contributed by atoms with van der Waals surface area (Å²) in [5.41, 5.74) is -2.60. The van der Waals surface area contributed by atoms with E-state index in [2.05, 4.69) is 6.92 Å². The largest absolute Gasteiger partial charge is 0.458 e. The fourth-order valence-corrected chi connectivity index (χ4v) is 8.34. The molecule has 8 atom stereocenters. The van der Waals surface area contributed by atoms with Crippen LogP contribution in [0, 0.1) is 22.7 Å². The van der Waals surface area contributed by atoms with Gasteiger partial charge in [-0.15, -0.1) is 0 Å². The van der Waals surface area contributed by atoms with Gasteiger partial charge >= 0.3 is 5.97 Å². The molecule has 6 nitrogen and oxygen atoms in total. The summed E-state index contributed by atoms with van der Waals surface area (Å²) in [5, 5.41) is 35.1. The van der Waals surface area contributed by atoms with Gasteiger partial charge in [-0.25, -0.2) is 4.79 Å². The van der Waals surface area contributed by atoms with Crippen molar-refractivity contribution in [2.75, 3.05) is 0 Å². The van der Waals surface area contributed by atoms with Crippen LogP contribution in [-0.2, 0) is 14.3 Å². The second-order valence-electron chi connectivity index (χ2n) is 12.0. The maximum Gasteiger partial charge on any atom is 0.331 e. The standard InChI is InChI=1S/C30H38O6/c1-19(31)23-13-16-30(35)28(23,3)25(36-26(33)10-9-20-7-5-4-6-8-20)18-24-27(2)14-12-22(32)17-21(27)11-15-29(24,30)34/h4-11,22-25,32,34-35H,12-18H2,1-3H3/b10-9+/t22-,23-,24+,25+,27-,28-,29-,30+/m0/s1. The van der Waals surface area contributed by atoms with Gasteiger partial charge in [0.15, 0.2) is 0 Å². The molecule has 0 bridgehead atoms. The van der Waals surface area contributed by atoms with E-state index in [9.17, 15) is 24.9 Å². The van der Waals surface area contributed by atoms with Crippen LogP contribution >= 0.6 is 0 Å². The van der Waals surface area contributed by atoms with Crippen LogP contribution in [0.1, 0.15) is 71.3 Å². The summed E-state index contributed by atoms with van der Waals surface area (Å²) in [5.74, 6) is -1.47. The molecule has 0 spiro atoms. The summed E-state index contributed by atoms with van der Waals surface area (Å²) in [4.78, 5) is 25.9. The number of hydrogen-bond acceptors (Lipinski definition) is 6. The Kier molecular flexibility index (Phi) is 6.09. The van der Waals surface area contributed by atoms with Gasteiger partial charge in [0.1, 0.15) is 23.1 Å². The Morgan fingerprint density at radius 1 is 1.08 bits per heavy atom. The monoisotopic (exact) mass is 494 g/mol. The number of ether oxygens (including phenoxy) is 1. The number of rotatable bonds is 4. The molecule has 0 unspecified atom stereocenters. The summed E-state index contributed by atoms with van der Waals surface area (Å²) in [6.07, 6.45) is 7.15. The van der Waals surface area contributed by atoms with Crippen LogP contribution in [-0.4, -0.2) is 50.5 Å². The number of aliphatic hydroxyl groups is 3. The molecule has 6 heteroatoms. The van der Waals surface area contributed by atoms with Crippen molar-refractivity contribution in [2.24, 2.45) is 22.7 Å². The molecule has 0 amide bonds. The molecule has 0 aromatic heterocycles. The summed E-state index contributed by atoms with van der Waals surface area (Å²) < 4.78 is 6.10. The molecule has 0 saturated heterocycles. The third-order valence-electron chi connectivity index (χ3n) is 10.4. The fraction of sp³-hybridized carbons (Fsp3) is 0.600. The minimum atomic E-state index is -1.59. The molecule has 194 valence electrons. The predicted octanol–water partition coefficient (Wildman–Crippen LogP) is 3.98. The van der Waals surface area contributed by atoms with Gasteiger partial charge in [-0.3, -0.25) is 4.79 Å². The Morgan fingerprint density at radius 3 is 2.50 bits per heavy atom. The number of benzene rings is 1. The number of hydrogen-bond donors (Lipinski definition) is 3. The lowest BCUT2D eigenvalue weighted by Crippen LogP contribution is -2.75. The van der Waals surface area contributed by atoms with Crippen LogP contribution in [0.2, 0.25) is 0 Å². The highest BCUT2D eigenvalue weighted by Gasteiger charge is 2.77. The molecular formula is C30H38O6. The number of carbonyl (C=O) groups excluding carboxylic acids is 2. The van der Waals surface area contributed by atoms with Gasteiger partial charge < -0.3 is 20.1 Å². The van der Waals surface area contributed by atoms with Crippen molar-refractivity contribution in [3.8, 4) is 0 Å². The van der Waals surface area contributed by atoms with Crippen molar-refractivity contribution < 1.29 is 29.6 Å². The molecule has 4 aliphatic rings. The molecule has 0 aliphatic heterocycles. The molecule has 3 saturated carbocycles. The topological polar surface area (TPSA) is 104 Å². The Morgan fingerprint density at radius 2 is 1.81 bits per heavy atom. The normalized spacial score (nSPS) is 43.8. The number of Topliss-reactive ketones (excluding diaryl/α,β-unsaturated/α-hetero) is 1. The number of aliphatic hydroxyl groups excluding tert-OH is 1. The minimum absolute atomic E-state index is 0.0598. The van der Waals surface area contributed by atoms with Crippen molar-refractivity contribution >= 4 is 17.8 Å². The molecule has 1 aromatic carbocycles. The average molecular weight is 495 g/mol. The van der Waals surface area contributed by atoms with Gasteiger partial charge in [-0.1, -0.05) is 55.8 Å². The van der Waals surface area contributed by atoms with Crippen LogP contribution in [0.4, 0.5) is 0 Å². The van der Waals surface area contributed by atoms with Gasteiger partial charge in [-0.05, 0) is 68.9 Å². The third-order valence-corrected chi connectivity index (χ3v) is 10.4. The van der Waals surface area contributed by atoms with Crippen molar-refractivity contribution in [2.45, 2.75) is 89.1 Å². The first-order valence-electron chi connectivity index (χ1n) is 13.2. The van der Waals surface area contributed by atoms with Crippen molar-refractivity contribution in [3.63, 3.8) is 0 Å². The van der Waals surface area contributed by atoms with Crippen LogP contribution in [0.25, 0.3) is 6.08 Å². The molecular weight excluding hydrogens is 456 g/mol. The molecule has 0 radical (unpaired) electrons. The molecule has 1 aromatic rings. The lowest BCUT2D eigenvalue weighted by molar-refractivity contribution is -0.299. The Balaban J connectivity index is 1.54. The molecule has 3 N–H and O–H groups in total. The number of fused-ring (bicyclic) bond motifs is 5. The van der Waals surface area contributed by atoms with Crippen LogP contribution in [0.3, 0.4) is 0 Å². The van der Waals surface area contributed by atoms with E-state index in [1.54, 1.807) is 6.08 Å². The number of esters is 1. The third kappa shape index (κ3) is 3.48. The Hall–Kier alpha value is -2.28. The highest BCUT2D eigenvalue weighted by molar-refractivity contribution is 5.87. The van der Waals surface area contributed by atoms with Gasteiger partial charge in [-0.2, -0.15) is 0 Å². The van der Waals surface area contributed by atoms with Gasteiger partial charge in [0.2, 0.25) is 0 Å². The zero-order valence-electron chi connectivity index (χ0n) is 21.4. The van der Waals surface area contributed by atoms with E-state index in [1.165, 1.54) is 13.0 Å². The van der Waals surface area contributed by atoms with Gasteiger partial charge in [0.25, 0.3) is 0 Å². The molecule has 0 heterocycles. The summed E-state index contributed by atoms with van der Waals surface area (Å²) in [7, 11) is 0. The van der Waals surface area contributed by atoms with E-state index >= 15 is 0 Å². The Labute approximate surface area is 213 Å². The molecule has 36 heavy (non-hydrogen) atoms. The summed E-state index contributed by atoms with van der Waals surface area (Å²) in [6, 6.07) is 9.46. The van der Waals surface area contributed by atoms with E-state index in [-0.39, 0.29) is 24.5 Å². The Bertz CT molecular complexity index is 1110. The summed E-state index contributed by atoms with van der Waals surface area (Å²) >= 11 is 0. The van der Waals surface area contributed by atoms with Crippen molar-refractivity contribution in [1.82, 2.24) is 0 Å². The van der Waals surface area contributed by atoms with Crippen molar-refractivity contribution in [1.29, 1.82) is 0 Å². The molecule has 4 aliphatic carbocycles. The van der Waals surface area contributed by atoms with E-state index in [0.717, 1.165) is 11.1 Å². The van der Waals surface area contributed by atoms with Crippen molar-refractivity contribution in [3.05, 3.63) is 53.6 Å². The first-order chi connectivity index (χ1) is 17.0. The quantitative estimate of drug-likeness (QED) is 0.332. The van der Waals surface area contributed by atoms with Crippen LogP contribution in [0.5, 0.6) is 0 Å². The zero-order chi connectivity index (χ0) is 25.9. The smallest absolute Gasteiger partial charge is 0.331 e. The van der Waals surface area contributed by atoms with E-state index in [0.29, 0.717) is 32.1 Å². The highest BCUT2D eigenvalue weighted by atomic mass is 16.5. The minimum Gasteiger partial charge on any atom is -0.458 e. The van der Waals surface area contributed by atoms with Gasteiger partial charge in [0, 0.05) is 23.3 Å².